The summed E-state index contributed by atoms with van der Waals surface area (Å²) in [5, 5.41) is 0. The van der Waals surface area contributed by atoms with Crippen LogP contribution in [0.3, 0.4) is 0 Å². The Labute approximate surface area is 85.1 Å². The Kier molecular flexibility index (Phi) is 3.00. The minimum Gasteiger partial charge on any atom is -0.111 e. The molecule has 0 aliphatic carbocycles. The van der Waals surface area contributed by atoms with E-state index in [1.807, 2.05) is 13.8 Å². The van der Waals surface area contributed by atoms with E-state index in [2.05, 4.69) is 0 Å². The van der Waals surface area contributed by atoms with Gasteiger partial charge in [0, 0.05) is 0 Å². The Morgan fingerprint density at radius 3 is 1.92 bits per heavy atom. The minimum atomic E-state index is 0.296. The molecule has 8 radical (unpaired) electrons. The van der Waals surface area contributed by atoms with Crippen molar-refractivity contribution in [1.82, 2.24) is 0 Å². The molecule has 0 nitrogen and oxygen atoms in total. The fourth-order valence-corrected chi connectivity index (χ4v) is 1.26. The van der Waals surface area contributed by atoms with Crippen molar-refractivity contribution in [2.45, 2.75) is 19.8 Å². The SMILES string of the molecule is [B]c1cc(C(C)C)c([B])c([B])c1[B]. The second kappa shape index (κ2) is 3.69. The van der Waals surface area contributed by atoms with Crippen molar-refractivity contribution in [2.24, 2.45) is 0 Å². The zero-order valence-electron chi connectivity index (χ0n) is 7.96. The van der Waals surface area contributed by atoms with Crippen LogP contribution in [-0.2, 0) is 0 Å². The second-order valence-corrected chi connectivity index (χ2v) is 3.45. The van der Waals surface area contributed by atoms with Gasteiger partial charge in [-0.25, -0.2) is 0 Å². The summed E-state index contributed by atoms with van der Waals surface area (Å²) in [6.07, 6.45) is 0. The average Bonchev–Trinajstić information content (AvgIpc) is 2.07. The van der Waals surface area contributed by atoms with E-state index in [-0.39, 0.29) is 0 Å². The number of hydrogen-bond acceptors (Lipinski definition) is 0. The minimum absolute atomic E-state index is 0.296. The molecule has 0 aromatic heterocycles. The summed E-state index contributed by atoms with van der Waals surface area (Å²) < 4.78 is 0. The van der Waals surface area contributed by atoms with Gasteiger partial charge in [0.25, 0.3) is 0 Å². The highest BCUT2D eigenvalue weighted by Gasteiger charge is 2.07. The number of hydrogen-bond donors (Lipinski definition) is 0. The van der Waals surface area contributed by atoms with Crippen LogP contribution < -0.4 is 21.9 Å². The summed E-state index contributed by atoms with van der Waals surface area (Å²) in [5.41, 5.74) is 2.76. The van der Waals surface area contributed by atoms with Gasteiger partial charge in [-0.05, 0) is 5.92 Å². The lowest BCUT2D eigenvalue weighted by Crippen LogP contribution is -2.48. The molecule has 1 aromatic rings. The molecule has 13 heavy (non-hydrogen) atoms. The molecule has 0 aliphatic heterocycles. The third kappa shape index (κ3) is 1.87. The number of rotatable bonds is 1. The fraction of sp³-hybridized carbons (Fsp3) is 0.333. The zero-order valence-corrected chi connectivity index (χ0v) is 7.96. The molecular weight excluding hydrogens is 151 g/mol. The van der Waals surface area contributed by atoms with E-state index in [0.29, 0.717) is 27.8 Å². The van der Waals surface area contributed by atoms with Crippen molar-refractivity contribution in [3.8, 4) is 0 Å². The maximum Gasteiger partial charge on any atom is 0.113 e. The van der Waals surface area contributed by atoms with Crippen molar-refractivity contribution < 1.29 is 0 Å². The van der Waals surface area contributed by atoms with E-state index in [9.17, 15) is 0 Å². The zero-order chi connectivity index (χ0) is 10.2. The Morgan fingerprint density at radius 1 is 0.923 bits per heavy atom. The maximum atomic E-state index is 5.79. The van der Waals surface area contributed by atoms with Crippen molar-refractivity contribution >= 4 is 53.2 Å². The predicted molar refractivity (Wildman–Crippen MR) is 62.1 cm³/mol. The highest BCUT2D eigenvalue weighted by Crippen LogP contribution is 2.07. The molecule has 4 heteroatoms. The van der Waals surface area contributed by atoms with Gasteiger partial charge in [-0.2, -0.15) is 0 Å². The molecule has 0 heterocycles. The second-order valence-electron chi connectivity index (χ2n) is 3.45. The first-order valence-corrected chi connectivity index (χ1v) is 4.18. The molecule has 0 aliphatic rings. The molecule has 0 N–H and O–H groups in total. The van der Waals surface area contributed by atoms with Crippen LogP contribution in [0, 0.1) is 0 Å². The molecule has 0 saturated carbocycles. The fourth-order valence-electron chi connectivity index (χ4n) is 1.26. The average molecular weight is 159 g/mol. The summed E-state index contributed by atoms with van der Waals surface area (Å²) >= 11 is 0. The van der Waals surface area contributed by atoms with Crippen LogP contribution in [0.4, 0.5) is 0 Å². The molecule has 0 fully saturated rings. The van der Waals surface area contributed by atoms with Crippen molar-refractivity contribution in [1.29, 1.82) is 0 Å². The predicted octanol–water partition coefficient (Wildman–Crippen LogP) is -2.01. The quantitative estimate of drug-likeness (QED) is 0.415. The van der Waals surface area contributed by atoms with Gasteiger partial charge in [-0.15, -0.1) is 21.9 Å². The van der Waals surface area contributed by atoms with E-state index in [4.69, 9.17) is 31.4 Å². The molecule has 1 aromatic carbocycles. The monoisotopic (exact) mass is 160 g/mol. The van der Waals surface area contributed by atoms with Crippen LogP contribution in [0.5, 0.6) is 0 Å². The van der Waals surface area contributed by atoms with Gasteiger partial charge in [-0.3, -0.25) is 0 Å². The van der Waals surface area contributed by atoms with Crippen LogP contribution in [-0.4, -0.2) is 31.4 Å². The summed E-state index contributed by atoms with van der Waals surface area (Å²) in [6.45, 7) is 4.06. The molecule has 1 rings (SSSR count). The third-order valence-electron chi connectivity index (χ3n) is 2.14. The van der Waals surface area contributed by atoms with Crippen LogP contribution in [0.1, 0.15) is 25.3 Å². The van der Waals surface area contributed by atoms with Crippen molar-refractivity contribution in [3.63, 3.8) is 0 Å². The Bertz CT molecular complexity index is 331. The highest BCUT2D eigenvalue weighted by molar-refractivity contribution is 6.62. The van der Waals surface area contributed by atoms with E-state index in [1.165, 1.54) is 0 Å². The molecule has 0 atom stereocenters. The van der Waals surface area contributed by atoms with Gasteiger partial charge >= 0.3 is 0 Å². The highest BCUT2D eigenvalue weighted by atomic mass is 14.1. The first-order valence-electron chi connectivity index (χ1n) is 4.18. The first kappa shape index (κ1) is 10.6. The van der Waals surface area contributed by atoms with Gasteiger partial charge in [0.2, 0.25) is 0 Å². The van der Waals surface area contributed by atoms with Crippen molar-refractivity contribution in [2.75, 3.05) is 0 Å². The topological polar surface area (TPSA) is 0 Å². The molecule has 0 amide bonds. The summed E-state index contributed by atoms with van der Waals surface area (Å²) in [7, 11) is 22.8. The molecule has 56 valence electrons. The van der Waals surface area contributed by atoms with Gasteiger partial charge in [0.1, 0.15) is 31.4 Å². The van der Waals surface area contributed by atoms with E-state index in [1.54, 1.807) is 6.07 Å². The van der Waals surface area contributed by atoms with Crippen LogP contribution >= 0.6 is 0 Å². The lowest BCUT2D eigenvalue weighted by Gasteiger charge is -2.18. The van der Waals surface area contributed by atoms with Gasteiger partial charge < -0.3 is 0 Å². The lowest BCUT2D eigenvalue weighted by atomic mass is 9.64. The summed E-state index contributed by atoms with van der Waals surface area (Å²) in [4.78, 5) is 0. The largest absolute Gasteiger partial charge is 0.113 e. The molecule has 0 unspecified atom stereocenters. The van der Waals surface area contributed by atoms with Gasteiger partial charge in [-0.1, -0.05) is 25.5 Å². The van der Waals surface area contributed by atoms with E-state index >= 15 is 0 Å². The first-order chi connectivity index (χ1) is 5.95. The summed E-state index contributed by atoms with van der Waals surface area (Å²) in [6, 6.07) is 1.78. The van der Waals surface area contributed by atoms with E-state index < -0.39 is 0 Å². The molecule has 0 spiro atoms. The van der Waals surface area contributed by atoms with Crippen molar-refractivity contribution in [3.05, 3.63) is 11.6 Å². The number of benzene rings is 1. The molecule has 0 saturated heterocycles. The van der Waals surface area contributed by atoms with Crippen LogP contribution in [0.2, 0.25) is 0 Å². The Morgan fingerprint density at radius 2 is 1.46 bits per heavy atom. The standard InChI is InChI=1S/C9H8B4/c1-4(2)5-3-6(10)8(12)9(13)7(5)11/h3-4H,1-2H3. The van der Waals surface area contributed by atoms with Crippen LogP contribution in [0.25, 0.3) is 0 Å². The normalized spacial score (nSPS) is 10.7. The Balaban J connectivity index is 3.41. The van der Waals surface area contributed by atoms with Gasteiger partial charge in [0.15, 0.2) is 0 Å². The smallest absolute Gasteiger partial charge is 0.111 e. The van der Waals surface area contributed by atoms with Crippen LogP contribution in [0.15, 0.2) is 6.07 Å². The third-order valence-corrected chi connectivity index (χ3v) is 2.14. The van der Waals surface area contributed by atoms with Gasteiger partial charge in [0.05, 0.1) is 0 Å². The molecular formula is C9H8B4. The molecule has 0 bridgehead atoms. The van der Waals surface area contributed by atoms with E-state index in [0.717, 1.165) is 5.56 Å². The Hall–Kier alpha value is -0.520. The summed E-state index contributed by atoms with van der Waals surface area (Å²) in [5.74, 6) is 0.296. The maximum absolute atomic E-state index is 5.79. The lowest BCUT2D eigenvalue weighted by molar-refractivity contribution is 0.875.